The third kappa shape index (κ3) is 5.94. The molecule has 0 bridgehead atoms. The number of hydrogen-bond acceptors (Lipinski definition) is 2. The van der Waals surface area contributed by atoms with E-state index in [0.717, 1.165) is 0 Å². The van der Waals surface area contributed by atoms with Crippen LogP contribution in [0.15, 0.2) is 17.4 Å². The lowest BCUT2D eigenvalue weighted by Crippen LogP contribution is -1.89. The first-order valence-electron chi connectivity index (χ1n) is 1.86. The minimum atomic E-state index is 1.69. The maximum Gasteiger partial charge on any atom is 0.0651 e. The van der Waals surface area contributed by atoms with Crippen LogP contribution in [0.5, 0.6) is 0 Å². The molecule has 0 amide bonds. The van der Waals surface area contributed by atoms with Crippen LogP contribution in [-0.4, -0.2) is 11.3 Å². The van der Waals surface area contributed by atoms with Gasteiger partial charge in [0.2, 0.25) is 0 Å². The summed E-state index contributed by atoms with van der Waals surface area (Å²) in [6.45, 7) is 0. The first-order chi connectivity index (χ1) is 3.41. The molecule has 0 aliphatic carbocycles. The minimum Gasteiger partial charge on any atom is -0.393 e. The Morgan fingerprint density at radius 2 is 2.43 bits per heavy atom. The summed E-state index contributed by atoms with van der Waals surface area (Å²) in [4.78, 5) is 3.78. The van der Waals surface area contributed by atoms with E-state index >= 15 is 0 Å². The van der Waals surface area contributed by atoms with E-state index in [1.165, 1.54) is 0 Å². The van der Waals surface area contributed by atoms with Crippen molar-refractivity contribution in [3.63, 3.8) is 0 Å². The zero-order valence-corrected chi connectivity index (χ0v) is 6.21. The number of nitrogens with zero attached hydrogens (tertiary/aromatic N) is 1. The molecule has 0 heterocycles. The lowest BCUT2D eigenvalue weighted by Gasteiger charge is -1.77. The highest BCUT2D eigenvalue weighted by Crippen LogP contribution is 1.73. The van der Waals surface area contributed by atoms with Gasteiger partial charge in [-0.05, 0) is 22.6 Å². The molecule has 0 saturated carbocycles. The molecule has 0 atom stereocenters. The SMILES string of the molecule is CN/C=C\N=CI. The van der Waals surface area contributed by atoms with Gasteiger partial charge in [0.25, 0.3) is 0 Å². The Labute approximate surface area is 56.9 Å². The van der Waals surface area contributed by atoms with Crippen LogP contribution in [0.3, 0.4) is 0 Å². The van der Waals surface area contributed by atoms with Crippen molar-refractivity contribution in [2.75, 3.05) is 7.05 Å². The molecule has 0 aliphatic rings. The third-order valence-electron chi connectivity index (χ3n) is 0.384. The zero-order chi connectivity index (χ0) is 5.54. The van der Waals surface area contributed by atoms with Crippen LogP contribution in [0, 0.1) is 0 Å². The monoisotopic (exact) mass is 210 g/mol. The highest BCUT2D eigenvalue weighted by Gasteiger charge is 1.55. The van der Waals surface area contributed by atoms with Crippen molar-refractivity contribution in [1.29, 1.82) is 0 Å². The molecule has 0 saturated heterocycles. The fourth-order valence-electron chi connectivity index (χ4n) is 0.150. The van der Waals surface area contributed by atoms with Crippen molar-refractivity contribution >= 4 is 26.8 Å². The van der Waals surface area contributed by atoms with Gasteiger partial charge in [-0.1, -0.05) is 0 Å². The van der Waals surface area contributed by atoms with E-state index in [4.69, 9.17) is 0 Å². The van der Waals surface area contributed by atoms with E-state index in [2.05, 4.69) is 32.9 Å². The van der Waals surface area contributed by atoms with Gasteiger partial charge in [-0.15, -0.1) is 0 Å². The Morgan fingerprint density at radius 1 is 1.71 bits per heavy atom. The lowest BCUT2D eigenvalue weighted by molar-refractivity contribution is 1.10. The van der Waals surface area contributed by atoms with Gasteiger partial charge in [-0.25, -0.2) is 0 Å². The van der Waals surface area contributed by atoms with Gasteiger partial charge in [0.1, 0.15) is 0 Å². The van der Waals surface area contributed by atoms with Crippen LogP contribution in [-0.2, 0) is 0 Å². The maximum absolute atomic E-state index is 3.78. The van der Waals surface area contributed by atoms with Crippen molar-refractivity contribution in [1.82, 2.24) is 5.32 Å². The van der Waals surface area contributed by atoms with Crippen molar-refractivity contribution in [3.05, 3.63) is 12.4 Å². The molecule has 1 N–H and O–H groups in total. The minimum absolute atomic E-state index is 1.69. The predicted octanol–water partition coefficient (Wildman–Crippen LogP) is 1.14. The predicted molar refractivity (Wildman–Crippen MR) is 40.7 cm³/mol. The largest absolute Gasteiger partial charge is 0.393 e. The van der Waals surface area contributed by atoms with Gasteiger partial charge in [0, 0.05) is 19.4 Å². The fourth-order valence-corrected chi connectivity index (χ4v) is 0.336. The maximum atomic E-state index is 3.78. The second-order valence-corrected chi connectivity index (χ2v) is 1.41. The molecule has 0 aromatic heterocycles. The Kier molecular flexibility index (Phi) is 5.89. The normalized spacial score (nSPS) is 11.1. The van der Waals surface area contributed by atoms with Crippen molar-refractivity contribution in [2.24, 2.45) is 4.99 Å². The van der Waals surface area contributed by atoms with Crippen LogP contribution in [0.25, 0.3) is 0 Å². The van der Waals surface area contributed by atoms with E-state index in [1.807, 2.05) is 7.05 Å². The first kappa shape index (κ1) is 6.94. The summed E-state index contributed by atoms with van der Waals surface area (Å²) in [5.74, 6) is 0. The average Bonchev–Trinajstić information content (AvgIpc) is 1.69. The fraction of sp³-hybridized carbons (Fsp3) is 0.250. The molecular weight excluding hydrogens is 203 g/mol. The number of rotatable bonds is 2. The average molecular weight is 210 g/mol. The molecule has 2 nitrogen and oxygen atoms in total. The van der Waals surface area contributed by atoms with Crippen LogP contribution in [0.4, 0.5) is 0 Å². The number of hydrogen-bond donors (Lipinski definition) is 1. The molecular formula is C4H7IN2. The second-order valence-electron chi connectivity index (χ2n) is 0.851. The Morgan fingerprint density at radius 3 is 2.86 bits per heavy atom. The van der Waals surface area contributed by atoms with Gasteiger partial charge >= 0.3 is 0 Å². The molecule has 3 heteroatoms. The van der Waals surface area contributed by atoms with Crippen LogP contribution < -0.4 is 5.32 Å². The van der Waals surface area contributed by atoms with Gasteiger partial charge in [-0.3, -0.25) is 4.99 Å². The molecule has 40 valence electrons. The van der Waals surface area contributed by atoms with E-state index in [1.54, 1.807) is 16.6 Å². The molecule has 0 aliphatic heterocycles. The molecule has 0 radical (unpaired) electrons. The smallest absolute Gasteiger partial charge is 0.0651 e. The summed E-state index contributed by atoms with van der Waals surface area (Å²) in [7, 11) is 1.83. The summed E-state index contributed by atoms with van der Waals surface area (Å²) in [5.41, 5.74) is 0. The van der Waals surface area contributed by atoms with Gasteiger partial charge in [0.05, 0.1) is 4.22 Å². The number of aliphatic imine (C=N–C) groups is 1. The molecule has 0 spiro atoms. The van der Waals surface area contributed by atoms with E-state index in [-0.39, 0.29) is 0 Å². The van der Waals surface area contributed by atoms with Crippen molar-refractivity contribution < 1.29 is 0 Å². The second kappa shape index (κ2) is 5.94. The van der Waals surface area contributed by atoms with Gasteiger partial charge in [-0.2, -0.15) is 0 Å². The first-order valence-corrected chi connectivity index (χ1v) is 3.10. The Hall–Kier alpha value is -0.0600. The highest BCUT2D eigenvalue weighted by atomic mass is 127. The molecule has 0 aromatic rings. The van der Waals surface area contributed by atoms with Gasteiger partial charge < -0.3 is 5.32 Å². The summed E-state index contributed by atoms with van der Waals surface area (Å²) in [6.07, 6.45) is 3.45. The Bertz CT molecular complexity index is 77.8. The van der Waals surface area contributed by atoms with Gasteiger partial charge in [0.15, 0.2) is 0 Å². The Balaban J connectivity index is 3.09. The summed E-state index contributed by atoms with van der Waals surface area (Å²) in [6, 6.07) is 0. The van der Waals surface area contributed by atoms with Crippen LogP contribution >= 0.6 is 22.6 Å². The lowest BCUT2D eigenvalue weighted by atomic mass is 10.9. The molecule has 7 heavy (non-hydrogen) atoms. The van der Waals surface area contributed by atoms with Crippen molar-refractivity contribution in [3.8, 4) is 0 Å². The zero-order valence-electron chi connectivity index (χ0n) is 4.06. The summed E-state index contributed by atoms with van der Waals surface area (Å²) in [5, 5.41) is 2.80. The van der Waals surface area contributed by atoms with E-state index in [0.29, 0.717) is 0 Å². The van der Waals surface area contributed by atoms with Crippen LogP contribution in [0.2, 0.25) is 0 Å². The number of halogens is 1. The standard InChI is InChI=1S/C4H7IN2/c1-6-2-3-7-4-5/h2-4,6H,1H3/b3-2-,7-4?. The third-order valence-corrected chi connectivity index (χ3v) is 0.705. The summed E-state index contributed by atoms with van der Waals surface area (Å²) < 4.78 is 1.70. The molecule has 0 unspecified atom stereocenters. The van der Waals surface area contributed by atoms with Crippen molar-refractivity contribution in [2.45, 2.75) is 0 Å². The molecule has 0 aromatic carbocycles. The number of nitrogens with one attached hydrogen (secondary N) is 1. The van der Waals surface area contributed by atoms with E-state index < -0.39 is 0 Å². The van der Waals surface area contributed by atoms with E-state index in [9.17, 15) is 0 Å². The quantitative estimate of drug-likeness (QED) is 0.536. The molecule has 0 rings (SSSR count). The highest BCUT2D eigenvalue weighted by molar-refractivity contribution is 14.1. The van der Waals surface area contributed by atoms with Crippen LogP contribution in [0.1, 0.15) is 0 Å². The summed E-state index contributed by atoms with van der Waals surface area (Å²) >= 11 is 2.06. The molecule has 0 fully saturated rings. The topological polar surface area (TPSA) is 24.4 Å².